The van der Waals surface area contributed by atoms with E-state index in [9.17, 15) is 24.3 Å². The first kappa shape index (κ1) is 31.7. The number of esters is 1. The fourth-order valence-electron chi connectivity index (χ4n) is 6.60. The van der Waals surface area contributed by atoms with Crippen LogP contribution in [0.15, 0.2) is 49.6 Å². The average molecular weight is 602 g/mol. The molecule has 3 amide bonds. The number of amides is 3. The number of hydrogen-bond donors (Lipinski definition) is 2. The molecule has 1 spiro atoms. The second-order valence-corrected chi connectivity index (χ2v) is 11.5. The van der Waals surface area contributed by atoms with E-state index in [1.807, 2.05) is 6.92 Å². The minimum Gasteiger partial charge on any atom is -0.460 e. The Hall–Kier alpha value is -3.21. The minimum absolute atomic E-state index is 0.119. The van der Waals surface area contributed by atoms with Gasteiger partial charge in [-0.15, -0.1) is 13.2 Å². The highest BCUT2D eigenvalue weighted by molar-refractivity contribution is 6.34. The standard InChI is InChI=1S/C31H40ClN3O7/c1-5-8-13-24(37)33-17-19(4)41-30(40)25-23-14-15-31(42-23)26(25)28(38)35(20(7-3)18-36)27(31)29(39)34(16-6-2)22-12-10-9-11-21(22)32/h5-6,9-12,19-20,23,25-27,36H,1-2,7-8,13-18H2,3-4H3,(H,33,37)/t19-,20+,23-,25+,26+,27-,31+/m1/s1. The molecule has 3 aliphatic rings. The number of hydrogen-bond acceptors (Lipinski definition) is 7. The molecule has 0 saturated carbocycles. The lowest BCUT2D eigenvalue weighted by molar-refractivity contribution is -0.159. The van der Waals surface area contributed by atoms with Crippen molar-refractivity contribution in [2.45, 2.75) is 75.8 Å². The molecule has 3 heterocycles. The molecule has 1 aromatic carbocycles. The van der Waals surface area contributed by atoms with Gasteiger partial charge in [0.25, 0.3) is 5.91 Å². The molecule has 0 aromatic heterocycles. The van der Waals surface area contributed by atoms with Crippen LogP contribution in [0.1, 0.15) is 46.0 Å². The lowest BCUT2D eigenvalue weighted by atomic mass is 9.70. The summed E-state index contributed by atoms with van der Waals surface area (Å²) in [4.78, 5) is 57.1. The molecular formula is C31H40ClN3O7. The van der Waals surface area contributed by atoms with E-state index in [4.69, 9.17) is 21.1 Å². The number of rotatable bonds is 14. The number of aliphatic hydroxyl groups excluding tert-OH is 1. The zero-order valence-electron chi connectivity index (χ0n) is 24.2. The van der Waals surface area contributed by atoms with Crippen LogP contribution < -0.4 is 10.2 Å². The molecule has 7 atom stereocenters. The molecule has 3 aliphatic heterocycles. The molecule has 2 bridgehead atoms. The smallest absolute Gasteiger partial charge is 0.312 e. The highest BCUT2D eigenvalue weighted by Gasteiger charge is 2.75. The highest BCUT2D eigenvalue weighted by Crippen LogP contribution is 2.59. The Morgan fingerprint density at radius 2 is 2.05 bits per heavy atom. The van der Waals surface area contributed by atoms with Crippen molar-refractivity contribution < 1.29 is 33.8 Å². The zero-order valence-corrected chi connectivity index (χ0v) is 24.9. The summed E-state index contributed by atoms with van der Waals surface area (Å²) in [5.74, 6) is -3.50. The van der Waals surface area contributed by atoms with Gasteiger partial charge < -0.3 is 29.7 Å². The Morgan fingerprint density at radius 1 is 1.31 bits per heavy atom. The van der Waals surface area contributed by atoms with E-state index in [1.165, 1.54) is 9.80 Å². The first-order valence-electron chi connectivity index (χ1n) is 14.5. The predicted octanol–water partition coefficient (Wildman–Crippen LogP) is 3.02. The number of aliphatic hydroxyl groups is 1. The maximum absolute atomic E-state index is 14.5. The van der Waals surface area contributed by atoms with Crippen LogP contribution in [0, 0.1) is 11.8 Å². The van der Waals surface area contributed by atoms with Crippen molar-refractivity contribution in [3.8, 4) is 0 Å². The molecule has 11 heteroatoms. The number of nitrogens with zero attached hydrogens (tertiary/aromatic N) is 2. The van der Waals surface area contributed by atoms with Gasteiger partial charge in [-0.2, -0.15) is 0 Å². The Bertz CT molecular complexity index is 1220. The molecule has 3 saturated heterocycles. The first-order valence-corrected chi connectivity index (χ1v) is 14.9. The summed E-state index contributed by atoms with van der Waals surface area (Å²) >= 11 is 6.49. The van der Waals surface area contributed by atoms with Crippen LogP contribution in [0.2, 0.25) is 5.02 Å². The summed E-state index contributed by atoms with van der Waals surface area (Å²) in [6.45, 7) is 10.8. The van der Waals surface area contributed by atoms with Crippen LogP contribution in [0.5, 0.6) is 0 Å². The van der Waals surface area contributed by atoms with Crippen molar-refractivity contribution in [3.05, 3.63) is 54.6 Å². The second-order valence-electron chi connectivity index (χ2n) is 11.1. The summed E-state index contributed by atoms with van der Waals surface area (Å²) < 4.78 is 12.2. The number of carbonyl (C=O) groups is 4. The van der Waals surface area contributed by atoms with E-state index in [0.717, 1.165) is 0 Å². The Balaban J connectivity index is 1.64. The van der Waals surface area contributed by atoms with Crippen LogP contribution in [0.3, 0.4) is 0 Å². The largest absolute Gasteiger partial charge is 0.460 e. The topological polar surface area (TPSA) is 125 Å². The Morgan fingerprint density at radius 3 is 2.69 bits per heavy atom. The number of para-hydroxylation sites is 1. The molecule has 0 radical (unpaired) electrons. The number of benzene rings is 1. The van der Waals surface area contributed by atoms with Crippen LogP contribution in [0.4, 0.5) is 5.69 Å². The number of nitrogens with one attached hydrogen (secondary N) is 1. The van der Waals surface area contributed by atoms with Gasteiger partial charge in [0.1, 0.15) is 17.7 Å². The second kappa shape index (κ2) is 13.4. The third-order valence-corrected chi connectivity index (χ3v) is 8.84. The third-order valence-electron chi connectivity index (χ3n) is 8.52. The predicted molar refractivity (Wildman–Crippen MR) is 158 cm³/mol. The van der Waals surface area contributed by atoms with Crippen molar-refractivity contribution in [1.82, 2.24) is 10.2 Å². The van der Waals surface area contributed by atoms with Gasteiger partial charge in [-0.3, -0.25) is 19.2 Å². The molecule has 3 fully saturated rings. The molecule has 0 unspecified atom stereocenters. The number of halogens is 1. The van der Waals surface area contributed by atoms with Crippen LogP contribution >= 0.6 is 11.6 Å². The molecule has 228 valence electrons. The van der Waals surface area contributed by atoms with Gasteiger partial charge in [0, 0.05) is 13.0 Å². The quantitative estimate of drug-likeness (QED) is 0.248. The van der Waals surface area contributed by atoms with Crippen molar-refractivity contribution in [2.24, 2.45) is 11.8 Å². The van der Waals surface area contributed by atoms with E-state index in [-0.39, 0.29) is 32.0 Å². The molecule has 1 aromatic rings. The number of likely N-dealkylation sites (tertiary alicyclic amines) is 1. The summed E-state index contributed by atoms with van der Waals surface area (Å²) in [7, 11) is 0. The highest BCUT2D eigenvalue weighted by atomic mass is 35.5. The van der Waals surface area contributed by atoms with E-state index >= 15 is 0 Å². The van der Waals surface area contributed by atoms with Gasteiger partial charge in [-0.1, -0.05) is 42.8 Å². The fourth-order valence-corrected chi connectivity index (χ4v) is 6.84. The van der Waals surface area contributed by atoms with Crippen molar-refractivity contribution in [3.63, 3.8) is 0 Å². The van der Waals surface area contributed by atoms with Gasteiger partial charge in [0.2, 0.25) is 11.8 Å². The van der Waals surface area contributed by atoms with E-state index in [2.05, 4.69) is 18.5 Å². The maximum Gasteiger partial charge on any atom is 0.312 e. The summed E-state index contributed by atoms with van der Waals surface area (Å²) in [6, 6.07) is 5.16. The van der Waals surface area contributed by atoms with Gasteiger partial charge in [-0.25, -0.2) is 0 Å². The fraction of sp³-hybridized carbons (Fsp3) is 0.548. The molecule has 2 N–H and O–H groups in total. The van der Waals surface area contributed by atoms with Crippen LogP contribution in [-0.4, -0.2) is 83.3 Å². The van der Waals surface area contributed by atoms with E-state index in [0.29, 0.717) is 36.4 Å². The monoisotopic (exact) mass is 601 g/mol. The first-order chi connectivity index (χ1) is 20.1. The van der Waals surface area contributed by atoms with Crippen molar-refractivity contribution >= 4 is 41.0 Å². The average Bonchev–Trinajstić information content (AvgIpc) is 3.62. The van der Waals surface area contributed by atoms with Gasteiger partial charge in [0.05, 0.1) is 47.8 Å². The summed E-state index contributed by atoms with van der Waals surface area (Å²) in [5.41, 5.74) is -0.811. The van der Waals surface area contributed by atoms with E-state index in [1.54, 1.807) is 43.3 Å². The van der Waals surface area contributed by atoms with Gasteiger partial charge in [0.15, 0.2) is 0 Å². The molecule has 10 nitrogen and oxygen atoms in total. The molecule has 4 rings (SSSR count). The molecule has 0 aliphatic carbocycles. The van der Waals surface area contributed by atoms with Crippen molar-refractivity contribution in [1.29, 1.82) is 0 Å². The number of carbonyl (C=O) groups excluding carboxylic acids is 4. The van der Waals surface area contributed by atoms with E-state index < -0.39 is 59.5 Å². The SMILES string of the molecule is C=CCCC(=O)NC[C@@H](C)OC(=O)[C@@H]1[C@H]2C(=O)N([C@@H](CC)CO)[C@H](C(=O)N(CC=C)c3ccccc3Cl)[C@]23CC[C@H]1O3. The zero-order chi connectivity index (χ0) is 30.6. The van der Waals surface area contributed by atoms with Crippen LogP contribution in [0.25, 0.3) is 0 Å². The third kappa shape index (κ3) is 5.72. The lowest BCUT2D eigenvalue weighted by Crippen LogP contribution is -2.59. The van der Waals surface area contributed by atoms with Gasteiger partial charge in [-0.05, 0) is 44.7 Å². The van der Waals surface area contributed by atoms with Crippen LogP contribution in [-0.2, 0) is 28.7 Å². The number of ether oxygens (including phenoxy) is 2. The normalized spacial score (nSPS) is 27.2. The Kier molecular flexibility index (Phi) is 10.1. The Labute approximate surface area is 251 Å². The van der Waals surface area contributed by atoms with Crippen molar-refractivity contribution in [2.75, 3.05) is 24.6 Å². The minimum atomic E-state index is -1.27. The van der Waals surface area contributed by atoms with Gasteiger partial charge >= 0.3 is 5.97 Å². The number of anilines is 1. The summed E-state index contributed by atoms with van der Waals surface area (Å²) in [6.07, 6.45) is 4.07. The number of fused-ring (bicyclic) bond motifs is 1. The maximum atomic E-state index is 14.5. The summed E-state index contributed by atoms with van der Waals surface area (Å²) in [5, 5.41) is 13.4. The molecular weight excluding hydrogens is 562 g/mol. The lowest BCUT2D eigenvalue weighted by Gasteiger charge is -2.39. The molecule has 42 heavy (non-hydrogen) atoms. The number of allylic oxidation sites excluding steroid dienone is 1.